The third-order valence-electron chi connectivity index (χ3n) is 2.90. The molecule has 0 aliphatic heterocycles. The molecule has 1 unspecified atom stereocenters. The maximum absolute atomic E-state index is 11.5. The summed E-state index contributed by atoms with van der Waals surface area (Å²) in [5, 5.41) is 9.24. The Morgan fingerprint density at radius 3 is 2.37 bits per heavy atom. The van der Waals surface area contributed by atoms with Crippen molar-refractivity contribution in [3.8, 4) is 0 Å². The van der Waals surface area contributed by atoms with Crippen LogP contribution >= 0.6 is 0 Å². The van der Waals surface area contributed by atoms with Crippen molar-refractivity contribution in [2.75, 3.05) is 26.2 Å². The number of carbonyl (C=O) groups is 1. The van der Waals surface area contributed by atoms with E-state index in [1.165, 1.54) is 0 Å². The highest BCUT2D eigenvalue weighted by atomic mass is 16.5. The van der Waals surface area contributed by atoms with Gasteiger partial charge in [0.1, 0.15) is 0 Å². The fourth-order valence-electron chi connectivity index (χ4n) is 1.83. The quantitative estimate of drug-likeness (QED) is 0.478. The van der Waals surface area contributed by atoms with E-state index in [-0.39, 0.29) is 12.1 Å². The molecule has 0 saturated heterocycles. The molecule has 0 aromatic heterocycles. The van der Waals surface area contributed by atoms with Gasteiger partial charge in [-0.1, -0.05) is 0 Å². The Bertz CT molecular complexity index is 295. The first-order valence-corrected chi connectivity index (χ1v) is 7.16. The molecule has 1 fully saturated rings. The third kappa shape index (κ3) is 6.31. The van der Waals surface area contributed by atoms with Gasteiger partial charge in [-0.2, -0.15) is 0 Å². The Labute approximate surface area is 115 Å². The first kappa shape index (κ1) is 15.6. The Kier molecular flexibility index (Phi) is 7.07. The minimum absolute atomic E-state index is 0.0753. The predicted octanol–water partition coefficient (Wildman–Crippen LogP) is 1.09. The number of rotatable bonds is 7. The van der Waals surface area contributed by atoms with Crippen LogP contribution in [-0.4, -0.2) is 44.3 Å². The largest absolute Gasteiger partial charge is 0.450 e. The summed E-state index contributed by atoms with van der Waals surface area (Å²) in [6, 6.07) is 0.0753. The Hall–Kier alpha value is -1.46. The highest BCUT2D eigenvalue weighted by Crippen LogP contribution is 2.32. The lowest BCUT2D eigenvalue weighted by atomic mass is 10.2. The molecule has 1 aliphatic carbocycles. The molecule has 1 amide bonds. The second-order valence-electron chi connectivity index (χ2n) is 4.56. The van der Waals surface area contributed by atoms with Crippen LogP contribution in [0.1, 0.15) is 33.6 Å². The molecule has 3 N–H and O–H groups in total. The lowest BCUT2D eigenvalue weighted by molar-refractivity contribution is 0.147. The van der Waals surface area contributed by atoms with Gasteiger partial charge in [-0.15, -0.1) is 0 Å². The van der Waals surface area contributed by atoms with E-state index in [0.29, 0.717) is 19.1 Å². The molecule has 1 aliphatic rings. The molecule has 6 nitrogen and oxygen atoms in total. The second kappa shape index (κ2) is 8.61. The maximum atomic E-state index is 11.5. The molecule has 0 bridgehead atoms. The molecule has 110 valence electrons. The summed E-state index contributed by atoms with van der Waals surface area (Å²) in [5.41, 5.74) is 0. The average Bonchev–Trinajstić information content (AvgIpc) is 3.19. The van der Waals surface area contributed by atoms with E-state index in [9.17, 15) is 4.79 Å². The molecular weight excluding hydrogens is 244 g/mol. The summed E-state index contributed by atoms with van der Waals surface area (Å²) >= 11 is 0. The first-order chi connectivity index (χ1) is 9.21. The molecule has 1 saturated carbocycles. The van der Waals surface area contributed by atoms with Crippen LogP contribution in [0.3, 0.4) is 0 Å². The SMILES string of the molecule is CCNC(=NCC(NC(=O)OCC)C1CC1)NCC. The van der Waals surface area contributed by atoms with Crippen molar-refractivity contribution in [1.29, 1.82) is 0 Å². The van der Waals surface area contributed by atoms with Gasteiger partial charge >= 0.3 is 6.09 Å². The zero-order valence-electron chi connectivity index (χ0n) is 12.2. The van der Waals surface area contributed by atoms with Crippen molar-refractivity contribution >= 4 is 12.1 Å². The number of hydrogen-bond acceptors (Lipinski definition) is 3. The smallest absolute Gasteiger partial charge is 0.407 e. The highest BCUT2D eigenvalue weighted by Gasteiger charge is 2.32. The number of aliphatic imine (C=N–C) groups is 1. The summed E-state index contributed by atoms with van der Waals surface area (Å²) in [6.07, 6.45) is 1.97. The van der Waals surface area contributed by atoms with Gasteiger partial charge in [0.05, 0.1) is 19.2 Å². The van der Waals surface area contributed by atoms with Gasteiger partial charge in [-0.05, 0) is 39.5 Å². The minimum Gasteiger partial charge on any atom is -0.450 e. The monoisotopic (exact) mass is 270 g/mol. The second-order valence-corrected chi connectivity index (χ2v) is 4.56. The van der Waals surface area contributed by atoms with Crippen LogP contribution in [0.5, 0.6) is 0 Å². The topological polar surface area (TPSA) is 74.8 Å². The number of ether oxygens (including phenoxy) is 1. The zero-order valence-corrected chi connectivity index (χ0v) is 12.2. The number of nitrogens with zero attached hydrogens (tertiary/aromatic N) is 1. The van der Waals surface area contributed by atoms with Gasteiger partial charge < -0.3 is 20.7 Å². The van der Waals surface area contributed by atoms with Gasteiger partial charge in [0, 0.05) is 13.1 Å². The number of carbonyl (C=O) groups excluding carboxylic acids is 1. The minimum atomic E-state index is -0.344. The van der Waals surface area contributed by atoms with Crippen LogP contribution in [0.2, 0.25) is 0 Å². The van der Waals surface area contributed by atoms with Crippen LogP contribution in [0, 0.1) is 5.92 Å². The zero-order chi connectivity index (χ0) is 14.1. The van der Waals surface area contributed by atoms with Gasteiger partial charge in [0.2, 0.25) is 0 Å². The molecule has 0 aromatic carbocycles. The van der Waals surface area contributed by atoms with Crippen molar-refractivity contribution < 1.29 is 9.53 Å². The normalized spacial score (nSPS) is 15.3. The van der Waals surface area contributed by atoms with Crippen molar-refractivity contribution in [2.45, 2.75) is 39.7 Å². The Balaban J connectivity index is 2.47. The number of guanidine groups is 1. The van der Waals surface area contributed by atoms with Gasteiger partial charge in [0.25, 0.3) is 0 Å². The van der Waals surface area contributed by atoms with E-state index >= 15 is 0 Å². The van der Waals surface area contributed by atoms with E-state index < -0.39 is 0 Å². The molecule has 6 heteroatoms. The summed E-state index contributed by atoms with van der Waals surface area (Å²) in [4.78, 5) is 16.0. The Morgan fingerprint density at radius 2 is 1.89 bits per heavy atom. The van der Waals surface area contributed by atoms with Crippen LogP contribution in [-0.2, 0) is 4.74 Å². The molecule has 1 rings (SSSR count). The summed E-state index contributed by atoms with van der Waals surface area (Å²) in [7, 11) is 0. The molecule has 0 heterocycles. The molecule has 1 atom stereocenters. The van der Waals surface area contributed by atoms with Gasteiger partial charge in [-0.25, -0.2) is 4.79 Å². The van der Waals surface area contributed by atoms with Crippen molar-refractivity contribution in [2.24, 2.45) is 10.9 Å². The van der Waals surface area contributed by atoms with Crippen molar-refractivity contribution in [3.63, 3.8) is 0 Å². The van der Waals surface area contributed by atoms with E-state index in [1.807, 2.05) is 13.8 Å². The number of alkyl carbamates (subject to hydrolysis) is 1. The number of nitrogens with one attached hydrogen (secondary N) is 3. The molecule has 0 spiro atoms. The summed E-state index contributed by atoms with van der Waals surface area (Å²) < 4.78 is 4.92. The third-order valence-corrected chi connectivity index (χ3v) is 2.90. The van der Waals surface area contributed by atoms with Crippen molar-refractivity contribution in [3.05, 3.63) is 0 Å². The fourth-order valence-corrected chi connectivity index (χ4v) is 1.83. The van der Waals surface area contributed by atoms with Crippen molar-refractivity contribution in [1.82, 2.24) is 16.0 Å². The Morgan fingerprint density at radius 1 is 1.26 bits per heavy atom. The predicted molar refractivity (Wildman–Crippen MR) is 76.3 cm³/mol. The maximum Gasteiger partial charge on any atom is 0.407 e. The molecule has 19 heavy (non-hydrogen) atoms. The lowest BCUT2D eigenvalue weighted by Gasteiger charge is -2.17. The van der Waals surface area contributed by atoms with Gasteiger partial charge in [-0.3, -0.25) is 4.99 Å². The van der Waals surface area contributed by atoms with E-state index in [4.69, 9.17) is 4.74 Å². The first-order valence-electron chi connectivity index (χ1n) is 7.16. The fraction of sp³-hybridized carbons (Fsp3) is 0.846. The molecular formula is C13H26N4O2. The average molecular weight is 270 g/mol. The molecule has 0 aromatic rings. The van der Waals surface area contributed by atoms with Gasteiger partial charge in [0.15, 0.2) is 5.96 Å². The van der Waals surface area contributed by atoms with E-state index in [1.54, 1.807) is 6.92 Å². The number of hydrogen-bond donors (Lipinski definition) is 3. The number of amides is 1. The van der Waals surface area contributed by atoms with E-state index in [0.717, 1.165) is 31.9 Å². The van der Waals surface area contributed by atoms with Crippen LogP contribution < -0.4 is 16.0 Å². The molecule has 0 radical (unpaired) electrons. The van der Waals surface area contributed by atoms with Crippen LogP contribution in [0.4, 0.5) is 4.79 Å². The standard InChI is InChI=1S/C13H26N4O2/c1-4-14-12(15-5-2)16-9-11(10-7-8-10)17-13(18)19-6-3/h10-11H,4-9H2,1-3H3,(H,17,18)(H2,14,15,16). The van der Waals surface area contributed by atoms with E-state index in [2.05, 4.69) is 20.9 Å². The summed E-state index contributed by atoms with van der Waals surface area (Å²) in [6.45, 7) is 8.49. The van der Waals surface area contributed by atoms with Crippen LogP contribution in [0.15, 0.2) is 4.99 Å². The lowest BCUT2D eigenvalue weighted by Crippen LogP contribution is -2.42. The van der Waals surface area contributed by atoms with Crippen LogP contribution in [0.25, 0.3) is 0 Å². The summed E-state index contributed by atoms with van der Waals surface area (Å²) in [5.74, 6) is 1.33. The highest BCUT2D eigenvalue weighted by molar-refractivity contribution is 5.79.